The Morgan fingerprint density at radius 1 is 1.07 bits per heavy atom. The minimum atomic E-state index is -4.80. The van der Waals surface area contributed by atoms with Crippen LogP contribution >= 0.6 is 0 Å². The van der Waals surface area contributed by atoms with E-state index in [2.05, 4.69) is 32.3 Å². The largest absolute Gasteiger partial charge is 0.394 e. The SMILES string of the molecule is CC([C@H](NC(=O)c1ccccc1)C(=O)N[C@H]1CCc2cccc3c2N(C1=O)[C@H](C(=O)NCC1CNNN1)C3)C(F)(F)F. The Kier molecular flexibility index (Phi) is 8.48. The maximum absolute atomic E-state index is 13.9. The highest BCUT2D eigenvalue weighted by Gasteiger charge is 2.48. The van der Waals surface area contributed by atoms with Gasteiger partial charge in [-0.05, 0) is 36.1 Å². The van der Waals surface area contributed by atoms with Crippen LogP contribution in [0.25, 0.3) is 0 Å². The lowest BCUT2D eigenvalue weighted by atomic mass is 9.98. The van der Waals surface area contributed by atoms with Gasteiger partial charge in [-0.15, -0.1) is 0 Å². The van der Waals surface area contributed by atoms with Crippen molar-refractivity contribution in [2.24, 2.45) is 5.92 Å². The third-order valence-electron chi connectivity index (χ3n) is 7.88. The van der Waals surface area contributed by atoms with Gasteiger partial charge < -0.3 is 16.0 Å². The highest BCUT2D eigenvalue weighted by atomic mass is 19.4. The number of halogens is 3. The number of nitrogens with zero attached hydrogens (tertiary/aromatic N) is 1. The van der Waals surface area contributed by atoms with Crippen LogP contribution in [0.4, 0.5) is 18.9 Å². The fourth-order valence-electron chi connectivity index (χ4n) is 5.50. The Balaban J connectivity index is 1.36. The molecule has 224 valence electrons. The minimum absolute atomic E-state index is 0.0705. The number of hydrogen-bond donors (Lipinski definition) is 6. The molecule has 2 aromatic rings. The van der Waals surface area contributed by atoms with Gasteiger partial charge in [-0.3, -0.25) is 24.1 Å². The fraction of sp³-hybridized carbons (Fsp3) is 0.429. The number of alkyl halides is 3. The predicted octanol–water partition coefficient (Wildman–Crippen LogP) is 0.470. The van der Waals surface area contributed by atoms with Gasteiger partial charge in [0, 0.05) is 25.1 Å². The average Bonchev–Trinajstić information content (AvgIpc) is 3.61. The first kappa shape index (κ1) is 29.5. The summed E-state index contributed by atoms with van der Waals surface area (Å²) >= 11 is 0. The van der Waals surface area contributed by atoms with Crippen molar-refractivity contribution in [3.8, 4) is 0 Å². The molecule has 0 saturated carbocycles. The first-order valence-corrected chi connectivity index (χ1v) is 13.7. The van der Waals surface area contributed by atoms with Crippen molar-refractivity contribution in [3.05, 3.63) is 65.2 Å². The van der Waals surface area contributed by atoms with Crippen LogP contribution < -0.4 is 37.2 Å². The van der Waals surface area contributed by atoms with Crippen molar-refractivity contribution >= 4 is 29.3 Å². The summed E-state index contributed by atoms with van der Waals surface area (Å²) in [6, 6.07) is 8.90. The molecule has 2 aromatic carbocycles. The van der Waals surface area contributed by atoms with E-state index in [4.69, 9.17) is 0 Å². The predicted molar refractivity (Wildman–Crippen MR) is 146 cm³/mol. The molecular formula is C28H32F3N7O4. The van der Waals surface area contributed by atoms with Crippen molar-refractivity contribution in [1.29, 1.82) is 0 Å². The third kappa shape index (κ3) is 6.10. The quantitative estimate of drug-likeness (QED) is 0.264. The van der Waals surface area contributed by atoms with E-state index in [-0.39, 0.29) is 30.4 Å². The number of rotatable bonds is 8. The Labute approximate surface area is 239 Å². The van der Waals surface area contributed by atoms with Crippen LogP contribution in [0.2, 0.25) is 0 Å². The molecule has 14 heteroatoms. The summed E-state index contributed by atoms with van der Waals surface area (Å²) < 4.78 is 41.4. The number of aryl methyl sites for hydroxylation is 1. The van der Waals surface area contributed by atoms with Crippen LogP contribution in [-0.4, -0.2) is 67.1 Å². The summed E-state index contributed by atoms with van der Waals surface area (Å²) in [5, 5.41) is 7.54. The molecular weight excluding hydrogens is 555 g/mol. The second-order valence-electron chi connectivity index (χ2n) is 10.7. The molecule has 0 aliphatic carbocycles. The standard InChI is InChI=1S/C28H32F3N7O4/c1-15(28(29,30)31)22(35-24(39)17-6-3-2-4-7-17)26(41)34-20-11-10-16-8-5-9-18-12-21(38(23(16)18)27(20)42)25(40)32-13-19-14-33-37-36-19/h2-9,15,19-22,33,36-37H,10-14H2,1H3,(H,32,40)(H,34,41)(H,35,39)/t15?,19?,20-,21-,22-/m0/s1. The maximum Gasteiger partial charge on any atom is 0.394 e. The fourth-order valence-corrected chi connectivity index (χ4v) is 5.50. The monoisotopic (exact) mass is 587 g/mol. The molecule has 4 amide bonds. The molecule has 6 N–H and O–H groups in total. The van der Waals surface area contributed by atoms with Crippen LogP contribution in [0, 0.1) is 5.92 Å². The summed E-state index contributed by atoms with van der Waals surface area (Å²) in [6.45, 7) is 1.67. The lowest BCUT2D eigenvalue weighted by Crippen LogP contribution is -2.59. The van der Waals surface area contributed by atoms with Crippen LogP contribution in [-0.2, 0) is 27.2 Å². The summed E-state index contributed by atoms with van der Waals surface area (Å²) in [5.41, 5.74) is 10.9. The van der Waals surface area contributed by atoms with Gasteiger partial charge >= 0.3 is 6.18 Å². The van der Waals surface area contributed by atoms with Gasteiger partial charge in [0.05, 0.1) is 17.6 Å². The molecule has 5 atom stereocenters. The summed E-state index contributed by atoms with van der Waals surface area (Å²) in [5.74, 6) is -5.21. The molecule has 1 saturated heterocycles. The lowest BCUT2D eigenvalue weighted by Gasteiger charge is -2.30. The number of benzene rings is 2. The van der Waals surface area contributed by atoms with Gasteiger partial charge in [0.1, 0.15) is 18.1 Å². The van der Waals surface area contributed by atoms with Crippen LogP contribution in [0.15, 0.2) is 48.5 Å². The number of amides is 4. The third-order valence-corrected chi connectivity index (χ3v) is 7.88. The van der Waals surface area contributed by atoms with Crippen molar-refractivity contribution in [2.45, 2.75) is 56.5 Å². The molecule has 0 spiro atoms. The number of para-hydroxylation sites is 1. The maximum atomic E-state index is 13.9. The lowest BCUT2D eigenvalue weighted by molar-refractivity contribution is -0.179. The normalized spacial score (nSPS) is 23.0. The van der Waals surface area contributed by atoms with Gasteiger partial charge in [0.2, 0.25) is 17.7 Å². The van der Waals surface area contributed by atoms with Gasteiger partial charge in [-0.1, -0.05) is 43.3 Å². The second-order valence-corrected chi connectivity index (χ2v) is 10.7. The molecule has 3 heterocycles. The Hall–Kier alpha value is -4.01. The molecule has 0 radical (unpaired) electrons. The molecule has 5 rings (SSSR count). The highest BCUT2D eigenvalue weighted by Crippen LogP contribution is 2.39. The van der Waals surface area contributed by atoms with Gasteiger partial charge in [0.15, 0.2) is 0 Å². The molecule has 3 aliphatic rings. The molecule has 11 nitrogen and oxygen atoms in total. The molecule has 42 heavy (non-hydrogen) atoms. The first-order valence-electron chi connectivity index (χ1n) is 13.7. The van der Waals surface area contributed by atoms with Crippen molar-refractivity contribution < 1.29 is 32.3 Å². The second kappa shape index (κ2) is 12.1. The molecule has 0 bridgehead atoms. The van der Waals surface area contributed by atoms with E-state index < -0.39 is 47.9 Å². The summed E-state index contributed by atoms with van der Waals surface area (Å²) in [6.07, 6.45) is -4.09. The van der Waals surface area contributed by atoms with E-state index in [1.165, 1.54) is 17.0 Å². The Bertz CT molecular complexity index is 1350. The first-order chi connectivity index (χ1) is 20.0. The van der Waals surface area contributed by atoms with E-state index in [1.807, 2.05) is 18.2 Å². The molecule has 0 aromatic heterocycles. The van der Waals surface area contributed by atoms with Crippen LogP contribution in [0.1, 0.15) is 34.8 Å². The summed E-state index contributed by atoms with van der Waals surface area (Å²) in [7, 11) is 0. The average molecular weight is 588 g/mol. The van der Waals surface area contributed by atoms with E-state index in [1.54, 1.807) is 18.2 Å². The minimum Gasteiger partial charge on any atom is -0.353 e. The zero-order valence-corrected chi connectivity index (χ0v) is 22.8. The van der Waals surface area contributed by atoms with E-state index in [0.29, 0.717) is 25.2 Å². The number of carbonyl (C=O) groups excluding carboxylic acids is 4. The smallest absolute Gasteiger partial charge is 0.353 e. The van der Waals surface area contributed by atoms with Gasteiger partial charge in [-0.25, -0.2) is 10.9 Å². The van der Waals surface area contributed by atoms with Gasteiger partial charge in [-0.2, -0.15) is 18.7 Å². The van der Waals surface area contributed by atoms with Crippen LogP contribution in [0.3, 0.4) is 0 Å². The molecule has 1 fully saturated rings. The molecule has 2 unspecified atom stereocenters. The van der Waals surface area contributed by atoms with Crippen molar-refractivity contribution in [2.75, 3.05) is 18.0 Å². The van der Waals surface area contributed by atoms with E-state index >= 15 is 0 Å². The van der Waals surface area contributed by atoms with Crippen molar-refractivity contribution in [1.82, 2.24) is 32.3 Å². The number of hydrogen-bond acceptors (Lipinski definition) is 7. The summed E-state index contributed by atoms with van der Waals surface area (Å²) in [4.78, 5) is 54.7. The Morgan fingerprint density at radius 3 is 2.50 bits per heavy atom. The number of hydrazine groups is 2. The van der Waals surface area contributed by atoms with E-state index in [0.717, 1.165) is 18.1 Å². The van der Waals surface area contributed by atoms with Gasteiger partial charge in [0.25, 0.3) is 5.91 Å². The Morgan fingerprint density at radius 2 is 1.81 bits per heavy atom. The molecule has 3 aliphatic heterocycles. The number of nitrogens with one attached hydrogen (secondary N) is 6. The zero-order valence-electron chi connectivity index (χ0n) is 22.8. The topological polar surface area (TPSA) is 144 Å². The number of carbonyl (C=O) groups is 4. The zero-order chi connectivity index (χ0) is 30.0. The van der Waals surface area contributed by atoms with E-state index in [9.17, 15) is 32.3 Å². The highest BCUT2D eigenvalue weighted by molar-refractivity contribution is 6.08. The number of anilines is 1. The van der Waals surface area contributed by atoms with Crippen molar-refractivity contribution in [3.63, 3.8) is 0 Å². The van der Waals surface area contributed by atoms with Crippen LogP contribution in [0.5, 0.6) is 0 Å².